The van der Waals surface area contributed by atoms with E-state index in [0.717, 1.165) is 0 Å². The fraction of sp³-hybridized carbons (Fsp3) is 0. The molecule has 7 heteroatoms. The van der Waals surface area contributed by atoms with Crippen LogP contribution in [0, 0.1) is 0 Å². The van der Waals surface area contributed by atoms with Gasteiger partial charge in [0.2, 0.25) is 0 Å². The summed E-state index contributed by atoms with van der Waals surface area (Å²) in [6, 6.07) is 0. The van der Waals surface area contributed by atoms with Crippen LogP contribution in [0.15, 0.2) is 0 Å². The third-order valence-corrected chi connectivity index (χ3v) is 0. The Morgan fingerprint density at radius 2 is 1.14 bits per heavy atom. The van der Waals surface area contributed by atoms with Gasteiger partial charge in [-0.25, -0.2) is 4.57 Å². The molecule has 7 heavy (non-hydrogen) atoms. The van der Waals surface area contributed by atoms with Crippen LogP contribution in [0.5, 0.6) is 0 Å². The normalized spacial score (nSPS) is 8.43. The minimum atomic E-state index is -4.64. The van der Waals surface area contributed by atoms with Crippen molar-refractivity contribution in [3.8, 4) is 0 Å². The molecule has 0 saturated heterocycles. The van der Waals surface area contributed by atoms with Crippen molar-refractivity contribution in [2.45, 2.75) is 0 Å². The van der Waals surface area contributed by atoms with Crippen LogP contribution in [0.2, 0.25) is 0 Å². The Balaban J connectivity index is -0.0000000800. The van der Waals surface area contributed by atoms with E-state index in [1.807, 2.05) is 0 Å². The molecular formula is H4AuKO4P. The predicted molar refractivity (Wildman–Crippen MR) is 21.4 cm³/mol. The molecule has 0 amide bonds. The third kappa shape index (κ3) is 57.8. The van der Waals surface area contributed by atoms with Crippen LogP contribution in [0.3, 0.4) is 0 Å². The molecule has 1 radical (unpaired) electrons. The van der Waals surface area contributed by atoms with Gasteiger partial charge in [0.25, 0.3) is 0 Å². The molecule has 0 fully saturated rings. The van der Waals surface area contributed by atoms with E-state index < -0.39 is 7.82 Å². The Hall–Kier alpha value is 2.49. The number of hydrogen-bond acceptors (Lipinski definition) is 1. The third-order valence-electron chi connectivity index (χ3n) is 0. The molecular weight excluding hydrogens is 331 g/mol. The quantitative estimate of drug-likeness (QED) is 0.369. The summed E-state index contributed by atoms with van der Waals surface area (Å²) in [5.74, 6) is 0. The molecule has 0 heterocycles. The van der Waals surface area contributed by atoms with Gasteiger partial charge in [-0.3, -0.25) is 0 Å². The van der Waals surface area contributed by atoms with Crippen LogP contribution >= 0.6 is 7.82 Å². The summed E-state index contributed by atoms with van der Waals surface area (Å²) in [4.78, 5) is 21.6. The van der Waals surface area contributed by atoms with Gasteiger partial charge in [0.15, 0.2) is 0 Å². The summed E-state index contributed by atoms with van der Waals surface area (Å²) in [7, 11) is -4.64. The van der Waals surface area contributed by atoms with Gasteiger partial charge in [0.1, 0.15) is 0 Å². The van der Waals surface area contributed by atoms with E-state index in [1.165, 1.54) is 0 Å². The zero-order valence-corrected chi connectivity index (χ0v) is 5.56. The molecule has 0 aliphatic carbocycles. The fourth-order valence-electron chi connectivity index (χ4n) is 0. The summed E-state index contributed by atoms with van der Waals surface area (Å²) in [5.41, 5.74) is 0. The van der Waals surface area contributed by atoms with Gasteiger partial charge in [-0.05, 0) is 0 Å². The minimum absolute atomic E-state index is 0. The molecule has 0 rings (SSSR count). The molecule has 0 spiro atoms. The monoisotopic (exact) mass is 335 g/mol. The number of phosphoric acid groups is 1. The number of hydrogen-bond donors (Lipinski definition) is 3. The predicted octanol–water partition coefficient (Wildman–Crippen LogP) is -1.58. The van der Waals surface area contributed by atoms with Crippen LogP contribution in [-0.4, -0.2) is 66.1 Å². The Morgan fingerprint density at radius 1 is 1.14 bits per heavy atom. The molecule has 0 aromatic heterocycles. The first kappa shape index (κ1) is 16.2. The van der Waals surface area contributed by atoms with Crippen LogP contribution in [0.1, 0.15) is 0 Å². The topological polar surface area (TPSA) is 77.8 Å². The summed E-state index contributed by atoms with van der Waals surface area (Å²) < 4.78 is 8.88. The standard InChI is InChI=1S/Au.K.H3O4P.H/c;;1-5(2,3)4;/h;;(H3,1,2,3,4);. The van der Waals surface area contributed by atoms with Crippen molar-refractivity contribution in [2.75, 3.05) is 0 Å². The van der Waals surface area contributed by atoms with Crippen molar-refractivity contribution in [3.63, 3.8) is 0 Å². The van der Waals surface area contributed by atoms with Crippen molar-refractivity contribution in [1.82, 2.24) is 0 Å². The Labute approximate surface area is 98.9 Å². The van der Waals surface area contributed by atoms with Crippen molar-refractivity contribution < 1.29 is 41.6 Å². The molecule has 0 atom stereocenters. The molecule has 3 N–H and O–H groups in total. The number of rotatable bonds is 0. The van der Waals surface area contributed by atoms with Crippen molar-refractivity contribution in [2.24, 2.45) is 0 Å². The average Bonchev–Trinajstić information content (AvgIpc) is 0.722. The van der Waals surface area contributed by atoms with Gasteiger partial charge in [-0.2, -0.15) is 0 Å². The van der Waals surface area contributed by atoms with E-state index in [9.17, 15) is 0 Å². The molecule has 0 aliphatic rings. The molecule has 0 unspecified atom stereocenters. The summed E-state index contributed by atoms with van der Waals surface area (Å²) >= 11 is 0. The molecule has 0 aromatic rings. The van der Waals surface area contributed by atoms with Crippen molar-refractivity contribution in [3.05, 3.63) is 0 Å². The average molecular weight is 335 g/mol. The zero-order valence-electron chi connectivity index (χ0n) is 2.50. The molecule has 0 aliphatic heterocycles. The van der Waals surface area contributed by atoms with Crippen molar-refractivity contribution >= 4 is 59.2 Å². The molecule has 45 valence electrons. The molecule has 0 saturated carbocycles. The summed E-state index contributed by atoms with van der Waals surface area (Å²) in [6.45, 7) is 0. The first-order chi connectivity index (χ1) is 2.00. The molecule has 0 aromatic carbocycles. The van der Waals surface area contributed by atoms with Gasteiger partial charge in [-0.1, -0.05) is 0 Å². The summed E-state index contributed by atoms with van der Waals surface area (Å²) in [5, 5.41) is 0. The second kappa shape index (κ2) is 6.60. The van der Waals surface area contributed by atoms with E-state index in [4.69, 9.17) is 19.2 Å². The first-order valence-electron chi connectivity index (χ1n) is 0.783. The van der Waals surface area contributed by atoms with Gasteiger partial charge >= 0.3 is 59.2 Å². The van der Waals surface area contributed by atoms with E-state index in [2.05, 4.69) is 0 Å². The SMILES string of the molecule is O=P(O)(O)O.[Au].[KH]. The van der Waals surface area contributed by atoms with Crippen LogP contribution < -0.4 is 0 Å². The fourth-order valence-corrected chi connectivity index (χ4v) is 0. The van der Waals surface area contributed by atoms with E-state index in [-0.39, 0.29) is 73.8 Å². The van der Waals surface area contributed by atoms with Crippen LogP contribution in [0.25, 0.3) is 0 Å². The van der Waals surface area contributed by atoms with E-state index in [0.29, 0.717) is 0 Å². The second-order valence-electron chi connectivity index (χ2n) is 0.513. The molecule has 4 nitrogen and oxygen atoms in total. The van der Waals surface area contributed by atoms with Gasteiger partial charge in [0, 0.05) is 22.4 Å². The van der Waals surface area contributed by atoms with Crippen LogP contribution in [0.4, 0.5) is 0 Å². The van der Waals surface area contributed by atoms with E-state index in [1.54, 1.807) is 0 Å². The first-order valence-corrected chi connectivity index (χ1v) is 2.35. The van der Waals surface area contributed by atoms with Gasteiger partial charge < -0.3 is 14.7 Å². The zero-order chi connectivity index (χ0) is 4.50. The maximum absolute atomic E-state index is 8.88. The Kier molecular flexibility index (Phi) is 15.3. The van der Waals surface area contributed by atoms with Crippen LogP contribution in [-0.2, 0) is 26.9 Å². The van der Waals surface area contributed by atoms with Gasteiger partial charge in [0.05, 0.1) is 0 Å². The van der Waals surface area contributed by atoms with Crippen molar-refractivity contribution in [1.29, 1.82) is 0 Å². The maximum atomic E-state index is 8.88. The molecule has 0 bridgehead atoms. The van der Waals surface area contributed by atoms with E-state index >= 15 is 0 Å². The second-order valence-corrected chi connectivity index (χ2v) is 1.54. The summed E-state index contributed by atoms with van der Waals surface area (Å²) in [6.07, 6.45) is 0. The Bertz CT molecular complexity index is 57.8. The van der Waals surface area contributed by atoms with Gasteiger partial charge in [-0.15, -0.1) is 0 Å². The Morgan fingerprint density at radius 3 is 1.14 bits per heavy atom.